The molecule has 0 aromatic heterocycles. The standard InChI is InChI=1S/C8H9NO2.K.H/c9-7-3-1-6(2-4-7)5-8(10)11;;/h1-4H,5,9H2,(H,10,11);;/q;+1;-1. The van der Waals surface area contributed by atoms with E-state index in [0.717, 1.165) is 5.56 Å². The average molecular weight is 191 g/mol. The van der Waals surface area contributed by atoms with Crippen molar-refractivity contribution in [1.29, 1.82) is 0 Å². The van der Waals surface area contributed by atoms with Gasteiger partial charge in [0, 0.05) is 5.69 Å². The summed E-state index contributed by atoms with van der Waals surface area (Å²) in [4.78, 5) is 10.2. The van der Waals surface area contributed by atoms with Gasteiger partial charge in [-0.3, -0.25) is 4.79 Å². The van der Waals surface area contributed by atoms with Gasteiger partial charge in [0.15, 0.2) is 0 Å². The molecule has 0 unspecified atom stereocenters. The van der Waals surface area contributed by atoms with Gasteiger partial charge in [-0.1, -0.05) is 12.1 Å². The Kier molecular flexibility index (Phi) is 5.78. The van der Waals surface area contributed by atoms with Crippen LogP contribution in [0.15, 0.2) is 24.3 Å². The summed E-state index contributed by atoms with van der Waals surface area (Å²) in [7, 11) is 0. The van der Waals surface area contributed by atoms with Crippen molar-refractivity contribution in [3.05, 3.63) is 29.8 Å². The Labute approximate surface area is 115 Å². The topological polar surface area (TPSA) is 63.3 Å². The molecule has 0 heterocycles. The van der Waals surface area contributed by atoms with Crippen LogP contribution in [0.4, 0.5) is 5.69 Å². The fraction of sp³-hybridized carbons (Fsp3) is 0.125. The van der Waals surface area contributed by atoms with Crippen molar-refractivity contribution < 1.29 is 62.7 Å². The minimum Gasteiger partial charge on any atom is -1.00 e. The fourth-order valence-electron chi connectivity index (χ4n) is 0.810. The third-order valence-corrected chi connectivity index (χ3v) is 1.34. The van der Waals surface area contributed by atoms with E-state index in [1.807, 2.05) is 0 Å². The van der Waals surface area contributed by atoms with Gasteiger partial charge in [0.2, 0.25) is 0 Å². The van der Waals surface area contributed by atoms with E-state index in [9.17, 15) is 4.79 Å². The molecule has 3 N–H and O–H groups in total. The van der Waals surface area contributed by atoms with Crippen molar-refractivity contribution in [2.75, 3.05) is 5.73 Å². The van der Waals surface area contributed by atoms with Gasteiger partial charge in [0.1, 0.15) is 0 Å². The van der Waals surface area contributed by atoms with Gasteiger partial charge in [-0.2, -0.15) is 0 Å². The number of nitrogen functional groups attached to an aromatic ring is 1. The van der Waals surface area contributed by atoms with Crippen molar-refractivity contribution in [2.45, 2.75) is 6.42 Å². The van der Waals surface area contributed by atoms with Gasteiger partial charge < -0.3 is 12.3 Å². The predicted molar refractivity (Wildman–Crippen MR) is 43.3 cm³/mol. The van der Waals surface area contributed by atoms with E-state index >= 15 is 0 Å². The monoisotopic (exact) mass is 191 g/mol. The SMILES string of the molecule is Nc1ccc(CC(=O)O)cc1.[H-].[K+]. The molecule has 0 aliphatic carbocycles. The molecule has 12 heavy (non-hydrogen) atoms. The van der Waals surface area contributed by atoms with Crippen LogP contribution in [0.25, 0.3) is 0 Å². The zero-order chi connectivity index (χ0) is 8.27. The van der Waals surface area contributed by atoms with E-state index in [1.165, 1.54) is 0 Å². The van der Waals surface area contributed by atoms with Crippen molar-refractivity contribution in [1.82, 2.24) is 0 Å². The molecule has 4 heteroatoms. The smallest absolute Gasteiger partial charge is 1.00 e. The van der Waals surface area contributed by atoms with E-state index in [1.54, 1.807) is 24.3 Å². The number of hydrogen-bond donors (Lipinski definition) is 2. The minimum absolute atomic E-state index is 0. The first-order valence-corrected chi connectivity index (χ1v) is 3.24. The molecule has 0 aliphatic rings. The first kappa shape index (κ1) is 12.1. The molecular weight excluding hydrogens is 181 g/mol. The molecule has 1 aromatic rings. The van der Waals surface area contributed by atoms with Gasteiger partial charge in [-0.05, 0) is 17.7 Å². The van der Waals surface area contributed by atoms with Crippen LogP contribution in [-0.4, -0.2) is 11.1 Å². The number of rotatable bonds is 2. The van der Waals surface area contributed by atoms with Crippen molar-refractivity contribution >= 4 is 11.7 Å². The van der Waals surface area contributed by atoms with Crippen LogP contribution in [-0.2, 0) is 11.2 Å². The van der Waals surface area contributed by atoms with Crippen LogP contribution in [0.2, 0.25) is 0 Å². The molecule has 1 aromatic carbocycles. The van der Waals surface area contributed by atoms with Crippen LogP contribution < -0.4 is 57.1 Å². The molecule has 0 atom stereocenters. The van der Waals surface area contributed by atoms with Crippen molar-refractivity contribution in [3.8, 4) is 0 Å². The van der Waals surface area contributed by atoms with Crippen molar-refractivity contribution in [2.24, 2.45) is 0 Å². The molecule has 3 nitrogen and oxygen atoms in total. The normalized spacial score (nSPS) is 8.67. The van der Waals surface area contributed by atoms with Crippen LogP contribution in [0.1, 0.15) is 6.99 Å². The molecular formula is C8H10KNO2. The van der Waals surface area contributed by atoms with E-state index in [4.69, 9.17) is 10.8 Å². The number of anilines is 1. The first-order chi connectivity index (χ1) is 5.18. The Morgan fingerprint density at radius 3 is 2.33 bits per heavy atom. The number of carboxylic acid groups (broad SMARTS) is 1. The summed E-state index contributed by atoms with van der Waals surface area (Å²) in [6, 6.07) is 6.81. The minimum atomic E-state index is -0.824. The quantitative estimate of drug-likeness (QED) is 0.420. The predicted octanol–water partition coefficient (Wildman–Crippen LogP) is -1.99. The number of hydrogen-bond acceptors (Lipinski definition) is 2. The molecule has 60 valence electrons. The Bertz CT molecular complexity index is 263. The second-order valence-corrected chi connectivity index (χ2v) is 2.31. The summed E-state index contributed by atoms with van der Waals surface area (Å²) in [6.45, 7) is 0. The summed E-state index contributed by atoms with van der Waals surface area (Å²) in [5.74, 6) is -0.824. The molecule has 0 spiro atoms. The summed E-state index contributed by atoms with van der Waals surface area (Å²) >= 11 is 0. The summed E-state index contributed by atoms with van der Waals surface area (Å²) in [5, 5.41) is 8.40. The number of carboxylic acids is 1. The molecule has 0 saturated heterocycles. The Hall–Kier alpha value is 0.126. The van der Waals surface area contributed by atoms with Crippen LogP contribution in [0.5, 0.6) is 0 Å². The molecule has 0 amide bonds. The van der Waals surface area contributed by atoms with Gasteiger partial charge in [-0.25, -0.2) is 0 Å². The van der Waals surface area contributed by atoms with E-state index < -0.39 is 5.97 Å². The third kappa shape index (κ3) is 4.23. The number of aliphatic carboxylic acids is 1. The van der Waals surface area contributed by atoms with Crippen LogP contribution >= 0.6 is 0 Å². The van der Waals surface area contributed by atoms with E-state index in [-0.39, 0.29) is 59.2 Å². The van der Waals surface area contributed by atoms with Gasteiger partial charge in [-0.15, -0.1) is 0 Å². The van der Waals surface area contributed by atoms with Crippen LogP contribution in [0, 0.1) is 0 Å². The van der Waals surface area contributed by atoms with Gasteiger partial charge >= 0.3 is 57.4 Å². The Morgan fingerprint density at radius 1 is 1.42 bits per heavy atom. The maximum atomic E-state index is 10.2. The number of carbonyl (C=O) groups is 1. The molecule has 0 fully saturated rings. The Morgan fingerprint density at radius 2 is 1.92 bits per heavy atom. The zero-order valence-electron chi connectivity index (χ0n) is 7.95. The zero-order valence-corrected chi connectivity index (χ0v) is 10.1. The largest absolute Gasteiger partial charge is 1.00 e. The molecule has 0 bridgehead atoms. The molecule has 0 aliphatic heterocycles. The molecule has 0 radical (unpaired) electrons. The molecule has 0 saturated carbocycles. The summed E-state index contributed by atoms with van der Waals surface area (Å²) < 4.78 is 0. The van der Waals surface area contributed by atoms with Crippen molar-refractivity contribution in [3.63, 3.8) is 0 Å². The van der Waals surface area contributed by atoms with Gasteiger partial charge in [0.25, 0.3) is 0 Å². The van der Waals surface area contributed by atoms with Gasteiger partial charge in [0.05, 0.1) is 6.42 Å². The van der Waals surface area contributed by atoms with E-state index in [0.29, 0.717) is 5.69 Å². The Balaban J connectivity index is 0. The number of benzene rings is 1. The first-order valence-electron chi connectivity index (χ1n) is 3.24. The fourth-order valence-corrected chi connectivity index (χ4v) is 0.810. The van der Waals surface area contributed by atoms with Crippen LogP contribution in [0.3, 0.4) is 0 Å². The van der Waals surface area contributed by atoms with E-state index in [2.05, 4.69) is 0 Å². The summed E-state index contributed by atoms with van der Waals surface area (Å²) in [6.07, 6.45) is 0.0558. The second kappa shape index (κ2) is 5.72. The maximum Gasteiger partial charge on any atom is 1.00 e. The second-order valence-electron chi connectivity index (χ2n) is 2.31. The third-order valence-electron chi connectivity index (χ3n) is 1.34. The number of nitrogens with two attached hydrogens (primary N) is 1. The average Bonchev–Trinajstić information content (AvgIpc) is 1.93. The summed E-state index contributed by atoms with van der Waals surface area (Å²) in [5.41, 5.74) is 6.83. The maximum absolute atomic E-state index is 10.2. The molecule has 1 rings (SSSR count).